The molecule has 298 valence electrons. The van der Waals surface area contributed by atoms with E-state index >= 15 is 0 Å². The Labute approximate surface area is 326 Å². The van der Waals surface area contributed by atoms with Crippen molar-refractivity contribution in [3.8, 4) is 0 Å². The van der Waals surface area contributed by atoms with Crippen LogP contribution >= 0.6 is 21.6 Å². The maximum Gasteiger partial charge on any atom is 0.500 e. The van der Waals surface area contributed by atoms with Crippen LogP contribution in [-0.4, -0.2) is 102 Å². The minimum absolute atomic E-state index is 0.355. The molecule has 0 radical (unpaired) electrons. The van der Waals surface area contributed by atoms with Gasteiger partial charge in [-0.25, -0.2) is 28.7 Å². The molecule has 4 rings (SSSR count). The lowest BCUT2D eigenvalue weighted by molar-refractivity contribution is 0.0700. The maximum atomic E-state index is 13.8. The van der Waals surface area contributed by atoms with Gasteiger partial charge in [-0.2, -0.15) is 0 Å². The van der Waals surface area contributed by atoms with Crippen LogP contribution in [0.4, 0.5) is 21.0 Å². The third-order valence-electron chi connectivity index (χ3n) is 7.95. The van der Waals surface area contributed by atoms with E-state index in [9.17, 15) is 9.59 Å². The predicted molar refractivity (Wildman–Crippen MR) is 218 cm³/mol. The lowest BCUT2D eigenvalue weighted by atomic mass is 10.3. The second-order valence-corrected chi connectivity index (χ2v) is 19.3. The Kier molecular flexibility index (Phi) is 17.1. The van der Waals surface area contributed by atoms with Crippen molar-refractivity contribution >= 4 is 84.7 Å². The first-order valence-corrected chi connectivity index (χ1v) is 24.4. The molecule has 0 atom stereocenters. The number of fused-ring (bicyclic) bond motifs is 2. The predicted octanol–water partition coefficient (Wildman–Crippen LogP) is 6.34. The Balaban J connectivity index is 1.53. The maximum absolute atomic E-state index is 13.8. The number of hydrogen-bond donors (Lipinski definition) is 4. The van der Waals surface area contributed by atoms with Gasteiger partial charge in [-0.15, -0.1) is 0 Å². The molecule has 2 aromatic heterocycles. The standard InChI is InChI=1S/C34H54N8O8S2Si2/c1-7-45-53(46-8-2,47-9-3)21-13-19-37-31(43)41-29-17-15-25(35)23-27(29)39-33(41)51-52-34-40-28-24-26(36)16-18-30(28)42(34)32(44)38-20-14-22-54(48-10-4,49-11-5)50-12-6/h15-18,23-24H,7-14,19-22,35-36H2,1-6H3,(H,37,43)(H,38,44). The average Bonchev–Trinajstić information content (AvgIpc) is 3.68. The van der Waals surface area contributed by atoms with Crippen LogP contribution in [0.3, 0.4) is 0 Å². The molecular weight excluding hydrogens is 769 g/mol. The van der Waals surface area contributed by atoms with Gasteiger partial charge in [0.05, 0.1) is 22.1 Å². The van der Waals surface area contributed by atoms with E-state index in [1.807, 2.05) is 41.5 Å². The fourth-order valence-electron chi connectivity index (χ4n) is 5.89. The summed E-state index contributed by atoms with van der Waals surface area (Å²) in [7, 11) is -3.33. The van der Waals surface area contributed by atoms with Crippen molar-refractivity contribution in [2.24, 2.45) is 0 Å². The monoisotopic (exact) mass is 822 g/mol. The molecule has 0 aliphatic carbocycles. The smallest absolute Gasteiger partial charge is 0.399 e. The van der Waals surface area contributed by atoms with Crippen molar-refractivity contribution < 1.29 is 36.1 Å². The van der Waals surface area contributed by atoms with Crippen molar-refractivity contribution in [3.05, 3.63) is 36.4 Å². The molecule has 0 saturated heterocycles. The summed E-state index contributed by atoms with van der Waals surface area (Å²) in [5.41, 5.74) is 15.5. The third-order valence-corrected chi connectivity index (χ3v) is 16.3. The second-order valence-electron chi connectivity index (χ2n) is 11.8. The number of amides is 2. The number of nitrogen functional groups attached to an aromatic ring is 2. The molecule has 2 amide bonds. The first-order chi connectivity index (χ1) is 26.1. The van der Waals surface area contributed by atoms with Crippen LogP contribution in [0, 0.1) is 0 Å². The number of carbonyl (C=O) groups excluding carboxylic acids is 2. The average molecular weight is 823 g/mol. The van der Waals surface area contributed by atoms with Crippen LogP contribution in [-0.2, 0) is 26.6 Å². The Morgan fingerprint density at radius 3 is 1.26 bits per heavy atom. The highest BCUT2D eigenvalue weighted by molar-refractivity contribution is 8.76. The van der Waals surface area contributed by atoms with Crippen LogP contribution in [0.15, 0.2) is 46.7 Å². The Bertz CT molecular complexity index is 1670. The first kappa shape index (κ1) is 43.5. The molecule has 54 heavy (non-hydrogen) atoms. The summed E-state index contributed by atoms with van der Waals surface area (Å²) in [6, 6.07) is 10.8. The minimum atomic E-state index is -2.86. The molecule has 0 saturated carbocycles. The van der Waals surface area contributed by atoms with Gasteiger partial charge in [0.25, 0.3) is 0 Å². The minimum Gasteiger partial charge on any atom is -0.399 e. The molecule has 0 spiro atoms. The zero-order valence-electron chi connectivity index (χ0n) is 32.0. The van der Waals surface area contributed by atoms with E-state index in [1.54, 1.807) is 36.4 Å². The van der Waals surface area contributed by atoms with E-state index in [0.29, 0.717) is 121 Å². The van der Waals surface area contributed by atoms with Crippen LogP contribution in [0.5, 0.6) is 0 Å². The molecule has 20 heteroatoms. The summed E-state index contributed by atoms with van der Waals surface area (Å²) in [4.78, 5) is 37.1. The number of carbonyl (C=O) groups is 2. The van der Waals surface area contributed by atoms with E-state index in [0.717, 1.165) is 0 Å². The van der Waals surface area contributed by atoms with Crippen molar-refractivity contribution in [2.45, 2.75) is 76.8 Å². The highest BCUT2D eigenvalue weighted by Crippen LogP contribution is 2.39. The quantitative estimate of drug-likeness (QED) is 0.0279. The van der Waals surface area contributed by atoms with E-state index in [2.05, 4.69) is 10.6 Å². The fraction of sp³-hybridized carbons (Fsp3) is 0.529. The van der Waals surface area contributed by atoms with Crippen molar-refractivity contribution in [1.82, 2.24) is 29.7 Å². The summed E-state index contributed by atoms with van der Waals surface area (Å²) in [6.07, 6.45) is 1.17. The molecule has 2 heterocycles. The Morgan fingerprint density at radius 2 is 0.944 bits per heavy atom. The van der Waals surface area contributed by atoms with Gasteiger partial charge in [0, 0.05) is 76.2 Å². The summed E-state index contributed by atoms with van der Waals surface area (Å²) >= 11 is 0. The number of rotatable bonds is 23. The van der Waals surface area contributed by atoms with Crippen LogP contribution in [0.2, 0.25) is 12.1 Å². The number of hydrogen-bond acceptors (Lipinski definition) is 14. The second kappa shape index (κ2) is 21.2. The van der Waals surface area contributed by atoms with Crippen LogP contribution in [0.25, 0.3) is 22.1 Å². The number of anilines is 2. The molecule has 0 bridgehead atoms. The normalized spacial score (nSPS) is 12.2. The van der Waals surface area contributed by atoms with Crippen LogP contribution in [0.1, 0.15) is 54.4 Å². The fourth-order valence-corrected chi connectivity index (χ4v) is 13.2. The van der Waals surface area contributed by atoms with Gasteiger partial charge in [0.1, 0.15) is 0 Å². The highest BCUT2D eigenvalue weighted by atomic mass is 33.1. The van der Waals surface area contributed by atoms with Gasteiger partial charge in [0.15, 0.2) is 10.3 Å². The van der Waals surface area contributed by atoms with Gasteiger partial charge < -0.3 is 48.7 Å². The highest BCUT2D eigenvalue weighted by Gasteiger charge is 2.40. The van der Waals surface area contributed by atoms with Gasteiger partial charge in [0.2, 0.25) is 0 Å². The molecule has 0 fully saturated rings. The third kappa shape index (κ3) is 11.2. The number of nitrogens with one attached hydrogen (secondary N) is 2. The molecule has 0 aliphatic heterocycles. The van der Waals surface area contributed by atoms with Gasteiger partial charge >= 0.3 is 29.7 Å². The molecule has 0 aliphatic rings. The lowest BCUT2D eigenvalue weighted by Crippen LogP contribution is -2.46. The van der Waals surface area contributed by atoms with Gasteiger partial charge in [-0.1, -0.05) is 0 Å². The van der Waals surface area contributed by atoms with Crippen molar-refractivity contribution in [1.29, 1.82) is 0 Å². The van der Waals surface area contributed by atoms with E-state index in [4.69, 9.17) is 48.0 Å². The zero-order chi connectivity index (χ0) is 39.1. The SMILES string of the molecule is CCO[Si](CCCNC(=O)n1c(SSc2nc3cc(N)ccc3n2C(=O)NCCC[Si](OCC)(OCC)OCC)nc2cc(N)ccc21)(OCC)OCC. The van der Waals surface area contributed by atoms with Gasteiger partial charge in [-0.3, -0.25) is 0 Å². The Morgan fingerprint density at radius 1 is 0.611 bits per heavy atom. The summed E-state index contributed by atoms with van der Waals surface area (Å²) in [5.74, 6) is 0. The molecule has 0 unspecified atom stereocenters. The lowest BCUT2D eigenvalue weighted by Gasteiger charge is -2.28. The summed E-state index contributed by atoms with van der Waals surface area (Å²) in [5, 5.41) is 6.78. The molecule has 6 N–H and O–H groups in total. The number of nitrogens with two attached hydrogens (primary N) is 2. The van der Waals surface area contributed by atoms with E-state index in [-0.39, 0.29) is 12.1 Å². The first-order valence-electron chi connectivity index (χ1n) is 18.4. The largest absolute Gasteiger partial charge is 0.500 e. The molecule has 4 aromatic rings. The molecule has 2 aromatic carbocycles. The number of nitrogens with zero attached hydrogens (tertiary/aromatic N) is 4. The number of benzene rings is 2. The Hall–Kier alpha value is -3.19. The van der Waals surface area contributed by atoms with Crippen molar-refractivity contribution in [3.63, 3.8) is 0 Å². The number of imidazole rings is 2. The van der Waals surface area contributed by atoms with Crippen LogP contribution < -0.4 is 22.1 Å². The molecular formula is C34H54N8O8S2Si2. The number of aromatic nitrogens is 4. The van der Waals surface area contributed by atoms with E-state index < -0.39 is 17.6 Å². The van der Waals surface area contributed by atoms with Crippen molar-refractivity contribution in [2.75, 3.05) is 64.2 Å². The summed E-state index contributed by atoms with van der Waals surface area (Å²) in [6.45, 7) is 15.0. The van der Waals surface area contributed by atoms with Gasteiger partial charge in [-0.05, 0) is 112 Å². The topological polar surface area (TPSA) is 201 Å². The zero-order valence-corrected chi connectivity index (χ0v) is 35.6. The summed E-state index contributed by atoms with van der Waals surface area (Å²) < 4.78 is 38.8. The molecule has 16 nitrogen and oxygen atoms in total. The van der Waals surface area contributed by atoms with E-state index in [1.165, 1.54) is 30.7 Å².